The Morgan fingerprint density at radius 2 is 1.71 bits per heavy atom. The lowest BCUT2D eigenvalue weighted by molar-refractivity contribution is -0.143. The molecular formula is C29H40N2O3. The molecule has 184 valence electrons. The summed E-state index contributed by atoms with van der Waals surface area (Å²) in [5, 5.41) is 3.22. The lowest BCUT2D eigenvalue weighted by Crippen LogP contribution is -2.52. The topological polar surface area (TPSA) is 58.6 Å². The monoisotopic (exact) mass is 464 g/mol. The molecule has 2 aromatic carbocycles. The SMILES string of the molecule is CC[C@@H](C(=O)NC1CCCCC1)N(Cc1ccccc1C)C(=O)COc1ccc(C(C)C)cc1. The van der Waals surface area contributed by atoms with Gasteiger partial charge in [0.05, 0.1) is 0 Å². The van der Waals surface area contributed by atoms with Crippen molar-refractivity contribution in [2.24, 2.45) is 0 Å². The molecular weight excluding hydrogens is 424 g/mol. The molecule has 1 N–H and O–H groups in total. The summed E-state index contributed by atoms with van der Waals surface area (Å²) in [6.07, 6.45) is 6.12. The van der Waals surface area contributed by atoms with E-state index in [0.717, 1.165) is 36.8 Å². The molecule has 34 heavy (non-hydrogen) atoms. The Morgan fingerprint density at radius 1 is 1.03 bits per heavy atom. The standard InChI is InChI=1S/C29H40N2O3/c1-5-27(29(33)30-25-13-7-6-8-14-25)31(19-24-12-10-9-11-22(24)4)28(32)20-34-26-17-15-23(16-18-26)21(2)3/h9-12,15-18,21,25,27H,5-8,13-14,19-20H2,1-4H3,(H,30,33)/t27-/m0/s1. The number of hydrogen-bond acceptors (Lipinski definition) is 3. The Morgan fingerprint density at radius 3 is 2.32 bits per heavy atom. The average molecular weight is 465 g/mol. The van der Waals surface area contributed by atoms with Gasteiger partial charge in [-0.2, -0.15) is 0 Å². The first kappa shape index (κ1) is 25.8. The van der Waals surface area contributed by atoms with Crippen molar-refractivity contribution in [3.8, 4) is 5.75 Å². The second-order valence-electron chi connectivity index (χ2n) is 9.73. The third-order valence-corrected chi connectivity index (χ3v) is 6.85. The highest BCUT2D eigenvalue weighted by Gasteiger charge is 2.30. The molecule has 0 spiro atoms. The second-order valence-corrected chi connectivity index (χ2v) is 9.73. The highest BCUT2D eigenvalue weighted by atomic mass is 16.5. The van der Waals surface area contributed by atoms with E-state index in [9.17, 15) is 9.59 Å². The number of nitrogens with one attached hydrogen (secondary N) is 1. The number of aryl methyl sites for hydroxylation is 1. The maximum Gasteiger partial charge on any atom is 0.261 e. The molecule has 0 bridgehead atoms. The van der Waals surface area contributed by atoms with Crippen molar-refractivity contribution < 1.29 is 14.3 Å². The highest BCUT2D eigenvalue weighted by Crippen LogP contribution is 2.21. The summed E-state index contributed by atoms with van der Waals surface area (Å²) < 4.78 is 5.85. The molecule has 1 saturated carbocycles. The summed E-state index contributed by atoms with van der Waals surface area (Å²) in [4.78, 5) is 28.4. The summed E-state index contributed by atoms with van der Waals surface area (Å²) in [5.41, 5.74) is 3.37. The molecule has 2 aromatic rings. The van der Waals surface area contributed by atoms with Gasteiger partial charge in [-0.05, 0) is 60.9 Å². The molecule has 0 heterocycles. The maximum atomic E-state index is 13.4. The molecule has 1 atom stereocenters. The van der Waals surface area contributed by atoms with Crippen molar-refractivity contribution in [1.29, 1.82) is 0 Å². The minimum absolute atomic E-state index is 0.0578. The largest absolute Gasteiger partial charge is 0.484 e. The first-order chi connectivity index (χ1) is 16.4. The van der Waals surface area contributed by atoms with Gasteiger partial charge in [0.15, 0.2) is 6.61 Å². The van der Waals surface area contributed by atoms with E-state index in [1.54, 1.807) is 4.90 Å². The van der Waals surface area contributed by atoms with Gasteiger partial charge in [-0.25, -0.2) is 0 Å². The van der Waals surface area contributed by atoms with Crippen LogP contribution in [-0.2, 0) is 16.1 Å². The van der Waals surface area contributed by atoms with Crippen LogP contribution in [-0.4, -0.2) is 35.4 Å². The van der Waals surface area contributed by atoms with Crippen LogP contribution >= 0.6 is 0 Å². The highest BCUT2D eigenvalue weighted by molar-refractivity contribution is 5.88. The molecule has 0 saturated heterocycles. The average Bonchev–Trinajstić information content (AvgIpc) is 2.84. The van der Waals surface area contributed by atoms with E-state index >= 15 is 0 Å². The van der Waals surface area contributed by atoms with Crippen LogP contribution in [0.3, 0.4) is 0 Å². The fourth-order valence-corrected chi connectivity index (χ4v) is 4.61. The number of amides is 2. The quantitative estimate of drug-likeness (QED) is 0.487. The van der Waals surface area contributed by atoms with E-state index in [1.807, 2.05) is 62.4 Å². The number of nitrogens with zero attached hydrogens (tertiary/aromatic N) is 1. The number of hydrogen-bond donors (Lipinski definition) is 1. The molecule has 5 nitrogen and oxygen atoms in total. The third-order valence-electron chi connectivity index (χ3n) is 6.85. The Bertz CT molecular complexity index is 933. The number of benzene rings is 2. The predicted octanol–water partition coefficient (Wildman–Crippen LogP) is 5.75. The van der Waals surface area contributed by atoms with E-state index < -0.39 is 6.04 Å². The van der Waals surface area contributed by atoms with Crippen molar-refractivity contribution in [3.63, 3.8) is 0 Å². The smallest absolute Gasteiger partial charge is 0.261 e. The van der Waals surface area contributed by atoms with Gasteiger partial charge in [-0.3, -0.25) is 9.59 Å². The van der Waals surface area contributed by atoms with Crippen LogP contribution in [0.2, 0.25) is 0 Å². The van der Waals surface area contributed by atoms with Crippen LogP contribution in [0.4, 0.5) is 0 Å². The number of rotatable bonds is 10. The molecule has 1 fully saturated rings. The number of carbonyl (C=O) groups is 2. The molecule has 5 heteroatoms. The molecule has 0 unspecified atom stereocenters. The Balaban J connectivity index is 1.74. The summed E-state index contributed by atoms with van der Waals surface area (Å²) in [7, 11) is 0. The van der Waals surface area contributed by atoms with Gasteiger partial charge < -0.3 is 15.0 Å². The van der Waals surface area contributed by atoms with E-state index in [4.69, 9.17) is 4.74 Å². The molecule has 0 radical (unpaired) electrons. The number of carbonyl (C=O) groups excluding carboxylic acids is 2. The molecule has 1 aliphatic carbocycles. The van der Waals surface area contributed by atoms with Gasteiger partial charge in [0, 0.05) is 12.6 Å². The zero-order valence-corrected chi connectivity index (χ0v) is 21.2. The predicted molar refractivity (Wildman–Crippen MR) is 137 cm³/mol. The minimum Gasteiger partial charge on any atom is -0.484 e. The molecule has 1 aliphatic rings. The first-order valence-corrected chi connectivity index (χ1v) is 12.8. The fourth-order valence-electron chi connectivity index (χ4n) is 4.61. The first-order valence-electron chi connectivity index (χ1n) is 12.8. The zero-order chi connectivity index (χ0) is 24.5. The Hall–Kier alpha value is -2.82. The van der Waals surface area contributed by atoms with Crippen molar-refractivity contribution >= 4 is 11.8 Å². The van der Waals surface area contributed by atoms with Crippen LogP contribution in [0.15, 0.2) is 48.5 Å². The second kappa shape index (κ2) is 12.6. The van der Waals surface area contributed by atoms with Crippen molar-refractivity contribution in [1.82, 2.24) is 10.2 Å². The fraction of sp³-hybridized carbons (Fsp3) is 0.517. The third kappa shape index (κ3) is 7.09. The van der Waals surface area contributed by atoms with E-state index in [2.05, 4.69) is 19.2 Å². The van der Waals surface area contributed by atoms with Crippen LogP contribution in [0.25, 0.3) is 0 Å². The van der Waals surface area contributed by atoms with Gasteiger partial charge >= 0.3 is 0 Å². The molecule has 3 rings (SSSR count). The normalized spacial score (nSPS) is 15.1. The van der Waals surface area contributed by atoms with Crippen molar-refractivity contribution in [2.75, 3.05) is 6.61 Å². The zero-order valence-electron chi connectivity index (χ0n) is 21.2. The van der Waals surface area contributed by atoms with Gasteiger partial charge in [-0.1, -0.05) is 76.4 Å². The van der Waals surface area contributed by atoms with Crippen LogP contribution in [0.5, 0.6) is 5.75 Å². The van der Waals surface area contributed by atoms with Gasteiger partial charge in [0.25, 0.3) is 5.91 Å². The Labute approximate surface area is 204 Å². The van der Waals surface area contributed by atoms with Crippen LogP contribution < -0.4 is 10.1 Å². The summed E-state index contributed by atoms with van der Waals surface area (Å²) >= 11 is 0. The van der Waals surface area contributed by atoms with Gasteiger partial charge in [-0.15, -0.1) is 0 Å². The van der Waals surface area contributed by atoms with Gasteiger partial charge in [0.1, 0.15) is 11.8 Å². The lowest BCUT2D eigenvalue weighted by atomic mass is 9.95. The van der Waals surface area contributed by atoms with E-state index in [1.165, 1.54) is 12.0 Å². The lowest BCUT2D eigenvalue weighted by Gasteiger charge is -2.33. The summed E-state index contributed by atoms with van der Waals surface area (Å²) in [5.74, 6) is 0.862. The van der Waals surface area contributed by atoms with E-state index in [0.29, 0.717) is 24.6 Å². The molecule has 2 amide bonds. The molecule has 0 aliphatic heterocycles. The maximum absolute atomic E-state index is 13.4. The number of ether oxygens (including phenoxy) is 1. The minimum atomic E-state index is -0.527. The Kier molecular flexibility index (Phi) is 9.55. The van der Waals surface area contributed by atoms with Crippen molar-refractivity contribution in [3.05, 3.63) is 65.2 Å². The van der Waals surface area contributed by atoms with Crippen molar-refractivity contribution in [2.45, 2.75) is 90.8 Å². The molecule has 0 aromatic heterocycles. The van der Waals surface area contributed by atoms with Crippen LogP contribution in [0, 0.1) is 6.92 Å². The summed E-state index contributed by atoms with van der Waals surface area (Å²) in [6.45, 7) is 8.58. The summed E-state index contributed by atoms with van der Waals surface area (Å²) in [6, 6.07) is 15.6. The van der Waals surface area contributed by atoms with E-state index in [-0.39, 0.29) is 24.5 Å². The van der Waals surface area contributed by atoms with Crippen LogP contribution in [0.1, 0.15) is 81.9 Å². The van der Waals surface area contributed by atoms with Gasteiger partial charge in [0.2, 0.25) is 5.91 Å².